The second-order valence-electron chi connectivity index (χ2n) is 2.76. The van der Waals surface area contributed by atoms with Crippen molar-refractivity contribution in [1.82, 2.24) is 9.78 Å². The van der Waals surface area contributed by atoms with E-state index in [4.69, 9.17) is 9.84 Å². The molecule has 0 bridgehead atoms. The Morgan fingerprint density at radius 3 is 2.60 bits per heavy atom. The van der Waals surface area contributed by atoms with Crippen molar-refractivity contribution in [3.05, 3.63) is 17.5 Å². The first kappa shape index (κ1) is 11.2. The van der Waals surface area contributed by atoms with E-state index in [0.717, 1.165) is 0 Å². The van der Waals surface area contributed by atoms with Gasteiger partial charge in [-0.15, -0.1) is 0 Å². The molecule has 1 rings (SSSR count). The first-order valence-corrected chi connectivity index (χ1v) is 4.58. The molecule has 6 nitrogen and oxygen atoms in total. The van der Waals surface area contributed by atoms with Crippen LogP contribution in [0.1, 0.15) is 34.8 Å². The van der Waals surface area contributed by atoms with Crippen LogP contribution in [0.5, 0.6) is 0 Å². The quantitative estimate of drug-likeness (QED) is 0.746. The van der Waals surface area contributed by atoms with E-state index < -0.39 is 11.9 Å². The number of hydrogen-bond donors (Lipinski definition) is 1. The van der Waals surface area contributed by atoms with Gasteiger partial charge in [0.25, 0.3) is 0 Å². The molecule has 0 aliphatic rings. The third-order valence-corrected chi connectivity index (χ3v) is 1.78. The molecule has 0 aromatic carbocycles. The average Bonchev–Trinajstić information content (AvgIpc) is 2.61. The van der Waals surface area contributed by atoms with E-state index in [1.807, 2.05) is 0 Å². The lowest BCUT2D eigenvalue weighted by Gasteiger charge is -1.98. The number of nitrogens with zero attached hydrogens (tertiary/aromatic N) is 2. The number of carboxylic acid groups (broad SMARTS) is 1. The van der Waals surface area contributed by atoms with Gasteiger partial charge in [0.15, 0.2) is 5.69 Å². The molecule has 1 heterocycles. The fraction of sp³-hybridized carbons (Fsp3) is 0.444. The van der Waals surface area contributed by atoms with Crippen molar-refractivity contribution < 1.29 is 19.4 Å². The number of ether oxygens (including phenoxy) is 1. The molecule has 15 heavy (non-hydrogen) atoms. The molecule has 0 amide bonds. The number of hydrogen-bond acceptors (Lipinski definition) is 4. The van der Waals surface area contributed by atoms with Crippen molar-refractivity contribution >= 4 is 11.9 Å². The second kappa shape index (κ2) is 4.59. The highest BCUT2D eigenvalue weighted by Crippen LogP contribution is 2.06. The van der Waals surface area contributed by atoms with Gasteiger partial charge in [-0.25, -0.2) is 9.59 Å². The van der Waals surface area contributed by atoms with Crippen LogP contribution in [0.3, 0.4) is 0 Å². The first-order chi connectivity index (χ1) is 7.10. The molecule has 0 saturated heterocycles. The zero-order valence-corrected chi connectivity index (χ0v) is 8.56. The van der Waals surface area contributed by atoms with Crippen LogP contribution >= 0.6 is 0 Å². The van der Waals surface area contributed by atoms with E-state index in [-0.39, 0.29) is 18.0 Å². The zero-order valence-electron chi connectivity index (χ0n) is 8.56. The minimum atomic E-state index is -1.11. The molecule has 0 atom stereocenters. The van der Waals surface area contributed by atoms with Gasteiger partial charge in [0.2, 0.25) is 0 Å². The summed E-state index contributed by atoms with van der Waals surface area (Å²) >= 11 is 0. The number of carboxylic acids is 1. The maximum atomic E-state index is 11.3. The van der Waals surface area contributed by atoms with Crippen LogP contribution in [0.4, 0.5) is 0 Å². The maximum Gasteiger partial charge on any atom is 0.358 e. The van der Waals surface area contributed by atoms with Gasteiger partial charge in [-0.2, -0.15) is 5.10 Å². The molecule has 1 N–H and O–H groups in total. The Morgan fingerprint density at radius 1 is 1.53 bits per heavy atom. The lowest BCUT2D eigenvalue weighted by Crippen LogP contribution is -2.09. The van der Waals surface area contributed by atoms with Crippen LogP contribution in [0, 0.1) is 0 Å². The SMILES string of the molecule is CCOC(=O)c1cc(C(=O)O)n(CC)n1. The summed E-state index contributed by atoms with van der Waals surface area (Å²) in [5.41, 5.74) is 0.0108. The molecule has 1 aromatic heterocycles. The topological polar surface area (TPSA) is 81.4 Å². The number of esters is 1. The van der Waals surface area contributed by atoms with Gasteiger partial charge in [-0.05, 0) is 13.8 Å². The molecule has 0 unspecified atom stereocenters. The molecule has 0 saturated carbocycles. The monoisotopic (exact) mass is 212 g/mol. The van der Waals surface area contributed by atoms with Crippen LogP contribution in [0.25, 0.3) is 0 Å². The predicted molar refractivity (Wildman–Crippen MR) is 50.8 cm³/mol. The Hall–Kier alpha value is -1.85. The van der Waals surface area contributed by atoms with Crippen LogP contribution in [0.15, 0.2) is 6.07 Å². The largest absolute Gasteiger partial charge is 0.477 e. The normalized spacial score (nSPS) is 10.0. The first-order valence-electron chi connectivity index (χ1n) is 4.58. The summed E-state index contributed by atoms with van der Waals surface area (Å²) in [5.74, 6) is -1.72. The predicted octanol–water partition coefficient (Wildman–Crippen LogP) is 0.778. The smallest absolute Gasteiger partial charge is 0.358 e. The molecular formula is C9H12N2O4. The van der Waals surface area contributed by atoms with Gasteiger partial charge >= 0.3 is 11.9 Å². The van der Waals surface area contributed by atoms with Crippen LogP contribution in [-0.2, 0) is 11.3 Å². The van der Waals surface area contributed by atoms with Crippen molar-refractivity contribution in [2.75, 3.05) is 6.61 Å². The van der Waals surface area contributed by atoms with Gasteiger partial charge in [0.05, 0.1) is 6.61 Å². The lowest BCUT2D eigenvalue weighted by atomic mass is 10.3. The average molecular weight is 212 g/mol. The molecule has 0 aliphatic heterocycles. The summed E-state index contributed by atoms with van der Waals surface area (Å²) in [7, 11) is 0. The van der Waals surface area contributed by atoms with Crippen molar-refractivity contribution in [3.8, 4) is 0 Å². The zero-order chi connectivity index (χ0) is 11.4. The standard InChI is InChI=1S/C9H12N2O4/c1-3-11-7(8(12)13)5-6(10-11)9(14)15-4-2/h5H,3-4H2,1-2H3,(H,12,13). The fourth-order valence-electron chi connectivity index (χ4n) is 1.13. The second-order valence-corrected chi connectivity index (χ2v) is 2.76. The van der Waals surface area contributed by atoms with E-state index >= 15 is 0 Å². The Kier molecular flexibility index (Phi) is 3.43. The summed E-state index contributed by atoms with van der Waals surface area (Å²) in [6, 6.07) is 1.21. The Balaban J connectivity index is 3.02. The highest BCUT2D eigenvalue weighted by molar-refractivity contribution is 5.92. The van der Waals surface area contributed by atoms with E-state index in [0.29, 0.717) is 6.54 Å². The molecule has 0 radical (unpaired) electrons. The Bertz CT molecular complexity index is 383. The maximum absolute atomic E-state index is 11.3. The minimum Gasteiger partial charge on any atom is -0.477 e. The van der Waals surface area contributed by atoms with E-state index in [9.17, 15) is 9.59 Å². The summed E-state index contributed by atoms with van der Waals surface area (Å²) in [6.07, 6.45) is 0. The highest BCUT2D eigenvalue weighted by atomic mass is 16.5. The number of carbonyl (C=O) groups excluding carboxylic acids is 1. The van der Waals surface area contributed by atoms with E-state index in [2.05, 4.69) is 5.10 Å². The van der Waals surface area contributed by atoms with Crippen LogP contribution in [0.2, 0.25) is 0 Å². The molecule has 0 spiro atoms. The number of aromatic nitrogens is 2. The van der Waals surface area contributed by atoms with Gasteiger partial charge in [0, 0.05) is 12.6 Å². The lowest BCUT2D eigenvalue weighted by molar-refractivity contribution is 0.0518. The van der Waals surface area contributed by atoms with Crippen LogP contribution in [-0.4, -0.2) is 33.4 Å². The van der Waals surface area contributed by atoms with Crippen molar-refractivity contribution in [2.45, 2.75) is 20.4 Å². The molecule has 1 aromatic rings. The summed E-state index contributed by atoms with van der Waals surface area (Å²) in [5, 5.41) is 12.6. The number of rotatable bonds is 4. The highest BCUT2D eigenvalue weighted by Gasteiger charge is 2.18. The molecule has 0 aliphatic carbocycles. The van der Waals surface area contributed by atoms with Gasteiger partial charge < -0.3 is 9.84 Å². The summed E-state index contributed by atoms with van der Waals surface area (Å²) in [6.45, 7) is 4.04. The fourth-order valence-corrected chi connectivity index (χ4v) is 1.13. The third kappa shape index (κ3) is 2.34. The number of aryl methyl sites for hydroxylation is 1. The van der Waals surface area contributed by atoms with Crippen LogP contribution < -0.4 is 0 Å². The van der Waals surface area contributed by atoms with Gasteiger partial charge in [-0.3, -0.25) is 4.68 Å². The molecule has 82 valence electrons. The summed E-state index contributed by atoms with van der Waals surface area (Å²) < 4.78 is 5.96. The Morgan fingerprint density at radius 2 is 2.20 bits per heavy atom. The molecule has 0 fully saturated rings. The Labute approximate surface area is 86.5 Å². The number of aromatic carboxylic acids is 1. The van der Waals surface area contributed by atoms with Crippen molar-refractivity contribution in [3.63, 3.8) is 0 Å². The minimum absolute atomic E-state index is 0.0134. The van der Waals surface area contributed by atoms with Gasteiger partial charge in [0.1, 0.15) is 5.69 Å². The van der Waals surface area contributed by atoms with E-state index in [1.165, 1.54) is 10.7 Å². The van der Waals surface area contributed by atoms with E-state index in [1.54, 1.807) is 13.8 Å². The molecule has 6 heteroatoms. The molecular weight excluding hydrogens is 200 g/mol. The summed E-state index contributed by atoms with van der Waals surface area (Å²) in [4.78, 5) is 22.0. The van der Waals surface area contributed by atoms with Gasteiger partial charge in [-0.1, -0.05) is 0 Å². The van der Waals surface area contributed by atoms with Crippen molar-refractivity contribution in [2.24, 2.45) is 0 Å². The van der Waals surface area contributed by atoms with Crippen molar-refractivity contribution in [1.29, 1.82) is 0 Å². The third-order valence-electron chi connectivity index (χ3n) is 1.78. The number of carbonyl (C=O) groups is 2.